The number of nitrogens with zero attached hydrogens (tertiary/aromatic N) is 2. The third-order valence-electron chi connectivity index (χ3n) is 1.68. The number of aliphatic carboxylic acids is 1. The van der Waals surface area contributed by atoms with Gasteiger partial charge in [-0.15, -0.1) is 10.2 Å². The number of aromatic nitrogens is 2. The molecule has 88 valence electrons. The van der Waals surface area contributed by atoms with Crippen LogP contribution in [0.1, 0.15) is 19.3 Å². The molecule has 1 heterocycles. The highest BCUT2D eigenvalue weighted by Crippen LogP contribution is 2.06. The quantitative estimate of drug-likeness (QED) is 0.645. The normalized spacial score (nSPS) is 9.75. The minimum Gasteiger partial charge on any atom is -0.481 e. The molecule has 0 aliphatic carbocycles. The Kier molecular flexibility index (Phi) is 5.20. The summed E-state index contributed by atoms with van der Waals surface area (Å²) >= 11 is 1.23. The first-order valence-corrected chi connectivity index (χ1v) is 5.59. The summed E-state index contributed by atoms with van der Waals surface area (Å²) in [5, 5.41) is 21.1. The van der Waals surface area contributed by atoms with Gasteiger partial charge < -0.3 is 10.4 Å². The molecule has 1 rings (SSSR count). The number of amides is 2. The van der Waals surface area contributed by atoms with Crippen molar-refractivity contribution >= 4 is 28.5 Å². The Morgan fingerprint density at radius 1 is 1.44 bits per heavy atom. The lowest BCUT2D eigenvalue weighted by atomic mass is 10.2. The van der Waals surface area contributed by atoms with E-state index >= 15 is 0 Å². The number of hydrogen-bond acceptors (Lipinski definition) is 5. The van der Waals surface area contributed by atoms with Crippen molar-refractivity contribution in [1.29, 1.82) is 0 Å². The third-order valence-corrected chi connectivity index (χ3v) is 2.29. The van der Waals surface area contributed by atoms with Crippen LogP contribution < -0.4 is 10.6 Å². The number of carbonyl (C=O) groups is 2. The van der Waals surface area contributed by atoms with Gasteiger partial charge in [0, 0.05) is 13.0 Å². The largest absolute Gasteiger partial charge is 0.481 e. The molecule has 1 aromatic rings. The second kappa shape index (κ2) is 6.72. The monoisotopic (exact) mass is 244 g/mol. The van der Waals surface area contributed by atoms with E-state index < -0.39 is 5.97 Å². The van der Waals surface area contributed by atoms with E-state index in [0.29, 0.717) is 24.5 Å². The molecule has 1 aromatic heterocycles. The van der Waals surface area contributed by atoms with E-state index in [2.05, 4.69) is 20.8 Å². The summed E-state index contributed by atoms with van der Waals surface area (Å²) in [6.07, 6.45) is 1.31. The maximum absolute atomic E-state index is 11.2. The van der Waals surface area contributed by atoms with E-state index in [-0.39, 0.29) is 12.5 Å². The van der Waals surface area contributed by atoms with E-state index in [1.54, 1.807) is 0 Å². The van der Waals surface area contributed by atoms with Crippen LogP contribution in [0.4, 0.5) is 9.93 Å². The highest BCUT2D eigenvalue weighted by Gasteiger charge is 2.03. The summed E-state index contributed by atoms with van der Waals surface area (Å²) in [6.45, 7) is 0.442. The van der Waals surface area contributed by atoms with Crippen molar-refractivity contribution in [3.05, 3.63) is 5.51 Å². The van der Waals surface area contributed by atoms with Crippen LogP contribution in [0.2, 0.25) is 0 Å². The lowest BCUT2D eigenvalue weighted by Gasteiger charge is -2.03. The molecule has 8 heteroatoms. The fraction of sp³-hybridized carbons (Fsp3) is 0.500. The molecule has 3 N–H and O–H groups in total. The molecule has 0 aliphatic heterocycles. The summed E-state index contributed by atoms with van der Waals surface area (Å²) in [5.41, 5.74) is 1.52. The van der Waals surface area contributed by atoms with Crippen molar-refractivity contribution in [2.24, 2.45) is 0 Å². The van der Waals surface area contributed by atoms with Gasteiger partial charge in [-0.3, -0.25) is 10.1 Å². The smallest absolute Gasteiger partial charge is 0.321 e. The Balaban J connectivity index is 2.05. The molecule has 0 aliphatic rings. The number of unbranched alkanes of at least 4 members (excludes halogenated alkanes) is 1. The average molecular weight is 244 g/mol. The lowest BCUT2D eigenvalue weighted by Crippen LogP contribution is -2.29. The van der Waals surface area contributed by atoms with Crippen molar-refractivity contribution in [2.75, 3.05) is 11.9 Å². The number of rotatable bonds is 6. The Morgan fingerprint density at radius 2 is 2.25 bits per heavy atom. The van der Waals surface area contributed by atoms with Gasteiger partial charge in [-0.05, 0) is 12.8 Å². The molecule has 0 aromatic carbocycles. The zero-order valence-corrected chi connectivity index (χ0v) is 9.29. The van der Waals surface area contributed by atoms with Crippen molar-refractivity contribution < 1.29 is 14.7 Å². The predicted molar refractivity (Wildman–Crippen MR) is 58.4 cm³/mol. The van der Waals surface area contributed by atoms with E-state index in [1.807, 2.05) is 0 Å². The summed E-state index contributed by atoms with van der Waals surface area (Å²) < 4.78 is 0. The standard InChI is InChI=1S/C8H12N4O3S/c13-6(14)3-1-2-4-9-7(15)11-8-12-10-5-16-8/h5H,1-4H2,(H,13,14)(H2,9,11,12,15). The zero-order chi connectivity index (χ0) is 11.8. The summed E-state index contributed by atoms with van der Waals surface area (Å²) in [4.78, 5) is 21.4. The molecule has 0 fully saturated rings. The zero-order valence-electron chi connectivity index (χ0n) is 8.47. The highest BCUT2D eigenvalue weighted by atomic mass is 32.1. The van der Waals surface area contributed by atoms with E-state index in [0.717, 1.165) is 0 Å². The first kappa shape index (κ1) is 12.4. The van der Waals surface area contributed by atoms with Gasteiger partial charge in [0.25, 0.3) is 0 Å². The highest BCUT2D eigenvalue weighted by molar-refractivity contribution is 7.13. The van der Waals surface area contributed by atoms with Crippen LogP contribution in [0.5, 0.6) is 0 Å². The summed E-state index contributed by atoms with van der Waals surface area (Å²) in [6, 6.07) is -0.355. The predicted octanol–water partition coefficient (Wildman–Crippen LogP) is 0.914. The molecule has 7 nitrogen and oxygen atoms in total. The number of carboxylic acid groups (broad SMARTS) is 1. The maximum Gasteiger partial charge on any atom is 0.321 e. The molecule has 0 radical (unpaired) electrons. The van der Waals surface area contributed by atoms with Crippen LogP contribution in [0.15, 0.2) is 5.51 Å². The van der Waals surface area contributed by atoms with Crippen molar-refractivity contribution in [3.8, 4) is 0 Å². The minimum atomic E-state index is -0.821. The van der Waals surface area contributed by atoms with E-state index in [4.69, 9.17) is 5.11 Å². The maximum atomic E-state index is 11.2. The number of carboxylic acids is 1. The fourth-order valence-electron chi connectivity index (χ4n) is 0.972. The Bertz CT molecular complexity index is 341. The van der Waals surface area contributed by atoms with Crippen LogP contribution >= 0.6 is 11.3 Å². The van der Waals surface area contributed by atoms with Gasteiger partial charge in [-0.25, -0.2) is 4.79 Å². The van der Waals surface area contributed by atoms with E-state index in [9.17, 15) is 9.59 Å². The van der Waals surface area contributed by atoms with Crippen LogP contribution in [-0.4, -0.2) is 33.8 Å². The molecule has 0 atom stereocenters. The lowest BCUT2D eigenvalue weighted by molar-refractivity contribution is -0.137. The molecule has 0 spiro atoms. The Labute approximate surface area is 95.9 Å². The molecular weight excluding hydrogens is 232 g/mol. The van der Waals surface area contributed by atoms with Gasteiger partial charge in [0.1, 0.15) is 5.51 Å². The number of anilines is 1. The molecule has 16 heavy (non-hydrogen) atoms. The minimum absolute atomic E-state index is 0.125. The van der Waals surface area contributed by atoms with Crippen molar-refractivity contribution in [3.63, 3.8) is 0 Å². The second-order valence-electron chi connectivity index (χ2n) is 2.98. The van der Waals surface area contributed by atoms with Crippen LogP contribution in [-0.2, 0) is 4.79 Å². The van der Waals surface area contributed by atoms with Crippen molar-refractivity contribution in [2.45, 2.75) is 19.3 Å². The molecule has 2 amide bonds. The van der Waals surface area contributed by atoms with Gasteiger partial charge in [-0.2, -0.15) is 0 Å². The van der Waals surface area contributed by atoms with Crippen molar-refractivity contribution in [1.82, 2.24) is 15.5 Å². The van der Waals surface area contributed by atoms with Gasteiger partial charge >= 0.3 is 12.0 Å². The first-order valence-electron chi connectivity index (χ1n) is 4.71. The molecule has 0 saturated carbocycles. The van der Waals surface area contributed by atoms with Gasteiger partial charge in [0.2, 0.25) is 5.13 Å². The fourth-order valence-corrected chi connectivity index (χ4v) is 1.41. The number of carbonyl (C=O) groups excluding carboxylic acids is 1. The van der Waals surface area contributed by atoms with Gasteiger partial charge in [0.15, 0.2) is 0 Å². The van der Waals surface area contributed by atoms with Crippen LogP contribution in [0.3, 0.4) is 0 Å². The van der Waals surface area contributed by atoms with E-state index in [1.165, 1.54) is 16.8 Å². The van der Waals surface area contributed by atoms with Gasteiger partial charge in [-0.1, -0.05) is 11.3 Å². The van der Waals surface area contributed by atoms with Gasteiger partial charge in [0.05, 0.1) is 0 Å². The molecule has 0 unspecified atom stereocenters. The summed E-state index contributed by atoms with van der Waals surface area (Å²) in [5.74, 6) is -0.821. The number of urea groups is 1. The summed E-state index contributed by atoms with van der Waals surface area (Å²) in [7, 11) is 0. The number of nitrogens with one attached hydrogen (secondary N) is 2. The SMILES string of the molecule is O=C(O)CCCCNC(=O)Nc1nncs1. The number of hydrogen-bond donors (Lipinski definition) is 3. The second-order valence-corrected chi connectivity index (χ2v) is 3.81. The Morgan fingerprint density at radius 3 is 2.88 bits per heavy atom. The topological polar surface area (TPSA) is 104 Å². The molecular formula is C8H12N4O3S. The molecule has 0 saturated heterocycles. The molecule has 0 bridgehead atoms. The first-order chi connectivity index (χ1) is 7.68. The van der Waals surface area contributed by atoms with Crippen LogP contribution in [0.25, 0.3) is 0 Å². The third kappa shape index (κ3) is 5.25. The average Bonchev–Trinajstić information content (AvgIpc) is 2.69. The Hall–Kier alpha value is -1.70. The van der Waals surface area contributed by atoms with Crippen LogP contribution in [0, 0.1) is 0 Å².